The summed E-state index contributed by atoms with van der Waals surface area (Å²) in [5, 5.41) is 4.25. The molecule has 1 fully saturated rings. The lowest BCUT2D eigenvalue weighted by Crippen LogP contribution is -2.32. The van der Waals surface area contributed by atoms with E-state index in [9.17, 15) is 8.42 Å². The molecular weight excluding hydrogens is 386 g/mol. The maximum absolute atomic E-state index is 13.3. The summed E-state index contributed by atoms with van der Waals surface area (Å²) in [6.07, 6.45) is 3.93. The number of nitrogens with one attached hydrogen (secondary N) is 1. The van der Waals surface area contributed by atoms with Crippen molar-refractivity contribution in [3.8, 4) is 5.75 Å². The van der Waals surface area contributed by atoms with Crippen molar-refractivity contribution in [1.29, 1.82) is 0 Å². The lowest BCUT2D eigenvalue weighted by atomic mass is 9.97. The van der Waals surface area contributed by atoms with Crippen LogP contribution in [-0.4, -0.2) is 51.1 Å². The summed E-state index contributed by atoms with van der Waals surface area (Å²) in [6.45, 7) is 3.10. The molecule has 7 heteroatoms. The molecule has 154 valence electrons. The van der Waals surface area contributed by atoms with Gasteiger partial charge >= 0.3 is 0 Å². The van der Waals surface area contributed by atoms with Gasteiger partial charge in [-0.2, -0.15) is 0 Å². The number of ether oxygens (including phenoxy) is 1. The Morgan fingerprint density at radius 2 is 1.90 bits per heavy atom. The predicted octanol–water partition coefficient (Wildman–Crippen LogP) is 3.64. The third-order valence-corrected chi connectivity index (χ3v) is 7.37. The standard InChI is InChI=1S/C22H27N3O3S/c1-24-11-8-17(9-12-24)16-23-19-4-3-5-21(15-19)29(26,27)25-13-10-18-14-20(28-2)6-7-22(18)25/h3-7,10,13-15,17,23H,8-9,11-12,16H2,1-2H3. The van der Waals surface area contributed by atoms with Crippen molar-refractivity contribution in [3.63, 3.8) is 0 Å². The number of nitrogens with zero attached hydrogens (tertiary/aromatic N) is 2. The van der Waals surface area contributed by atoms with Crippen molar-refractivity contribution < 1.29 is 13.2 Å². The average Bonchev–Trinajstić information content (AvgIpc) is 3.17. The van der Waals surface area contributed by atoms with Gasteiger partial charge in [-0.25, -0.2) is 12.4 Å². The third-order valence-electron chi connectivity index (χ3n) is 5.69. The summed E-state index contributed by atoms with van der Waals surface area (Å²) in [6, 6.07) is 14.2. The number of likely N-dealkylation sites (tertiary alicyclic amines) is 1. The largest absolute Gasteiger partial charge is 0.497 e. The zero-order valence-corrected chi connectivity index (χ0v) is 17.7. The summed E-state index contributed by atoms with van der Waals surface area (Å²) in [7, 11) is 0.0624. The van der Waals surface area contributed by atoms with Crippen LogP contribution >= 0.6 is 0 Å². The second-order valence-electron chi connectivity index (χ2n) is 7.70. The molecule has 4 rings (SSSR count). The smallest absolute Gasteiger partial charge is 0.268 e. The Bertz CT molecular complexity index is 1100. The molecule has 0 amide bonds. The first-order valence-electron chi connectivity index (χ1n) is 9.90. The fraction of sp³-hybridized carbons (Fsp3) is 0.364. The predicted molar refractivity (Wildman–Crippen MR) is 116 cm³/mol. The molecule has 2 heterocycles. The molecule has 0 unspecified atom stereocenters. The second-order valence-corrected chi connectivity index (χ2v) is 9.51. The van der Waals surface area contributed by atoms with Crippen molar-refractivity contribution in [3.05, 3.63) is 54.7 Å². The van der Waals surface area contributed by atoms with E-state index in [0.717, 1.165) is 30.7 Å². The molecule has 0 spiro atoms. The monoisotopic (exact) mass is 413 g/mol. The number of piperidine rings is 1. The van der Waals surface area contributed by atoms with Crippen LogP contribution in [0.25, 0.3) is 10.9 Å². The fourth-order valence-corrected chi connectivity index (χ4v) is 5.24. The van der Waals surface area contributed by atoms with E-state index in [4.69, 9.17) is 4.74 Å². The van der Waals surface area contributed by atoms with Gasteiger partial charge in [0.25, 0.3) is 10.0 Å². The highest BCUT2D eigenvalue weighted by Gasteiger charge is 2.20. The van der Waals surface area contributed by atoms with Crippen LogP contribution in [0.4, 0.5) is 5.69 Å². The van der Waals surface area contributed by atoms with Crippen molar-refractivity contribution in [2.45, 2.75) is 17.7 Å². The van der Waals surface area contributed by atoms with Gasteiger partial charge in [0, 0.05) is 23.8 Å². The van der Waals surface area contributed by atoms with E-state index in [0.29, 0.717) is 17.2 Å². The third kappa shape index (κ3) is 4.11. The minimum atomic E-state index is -3.69. The van der Waals surface area contributed by atoms with Crippen LogP contribution in [0, 0.1) is 5.92 Å². The van der Waals surface area contributed by atoms with E-state index in [1.807, 2.05) is 12.1 Å². The first kappa shape index (κ1) is 19.8. The quantitative estimate of drug-likeness (QED) is 0.668. The number of fused-ring (bicyclic) bond motifs is 1. The Hall–Kier alpha value is -2.51. The number of methoxy groups -OCH3 is 1. The molecule has 1 aromatic heterocycles. The normalized spacial score (nSPS) is 16.2. The molecule has 0 saturated carbocycles. The summed E-state index contributed by atoms with van der Waals surface area (Å²) in [5.41, 5.74) is 1.47. The van der Waals surface area contributed by atoms with Crippen LogP contribution in [0.15, 0.2) is 59.6 Å². The van der Waals surface area contributed by atoms with Crippen LogP contribution in [0.5, 0.6) is 5.75 Å². The van der Waals surface area contributed by atoms with Gasteiger partial charge in [0.15, 0.2) is 0 Å². The minimum absolute atomic E-state index is 0.277. The summed E-state index contributed by atoms with van der Waals surface area (Å²) in [5.74, 6) is 1.32. The van der Waals surface area contributed by atoms with E-state index in [1.54, 1.807) is 49.7 Å². The Balaban J connectivity index is 1.55. The SMILES string of the molecule is COc1ccc2c(ccn2S(=O)(=O)c2cccc(NCC3CCN(C)CC3)c2)c1. The van der Waals surface area contributed by atoms with Gasteiger partial charge in [-0.05, 0) is 81.4 Å². The van der Waals surface area contributed by atoms with Gasteiger partial charge in [0.05, 0.1) is 17.5 Å². The van der Waals surface area contributed by atoms with Gasteiger partial charge < -0.3 is 15.0 Å². The van der Waals surface area contributed by atoms with Gasteiger partial charge in [-0.1, -0.05) is 6.07 Å². The average molecular weight is 414 g/mol. The molecule has 0 aliphatic carbocycles. The van der Waals surface area contributed by atoms with Gasteiger partial charge in [0.2, 0.25) is 0 Å². The Kier molecular flexibility index (Phi) is 5.52. The Morgan fingerprint density at radius 3 is 2.66 bits per heavy atom. The number of benzene rings is 2. The summed E-state index contributed by atoms with van der Waals surface area (Å²) in [4.78, 5) is 2.62. The minimum Gasteiger partial charge on any atom is -0.497 e. The zero-order chi connectivity index (χ0) is 20.4. The highest BCUT2D eigenvalue weighted by atomic mass is 32.2. The Labute approximate surface area is 172 Å². The molecule has 0 atom stereocenters. The lowest BCUT2D eigenvalue weighted by Gasteiger charge is -2.29. The number of anilines is 1. The maximum Gasteiger partial charge on any atom is 0.268 e. The van der Waals surface area contributed by atoms with Crippen LogP contribution in [0.2, 0.25) is 0 Å². The maximum atomic E-state index is 13.3. The van der Waals surface area contributed by atoms with E-state index >= 15 is 0 Å². The molecule has 3 aromatic rings. The highest BCUT2D eigenvalue weighted by molar-refractivity contribution is 7.90. The molecule has 2 aromatic carbocycles. The molecule has 0 bridgehead atoms. The molecule has 1 N–H and O–H groups in total. The molecule has 6 nitrogen and oxygen atoms in total. The van der Waals surface area contributed by atoms with E-state index in [1.165, 1.54) is 16.8 Å². The zero-order valence-electron chi connectivity index (χ0n) is 16.8. The first-order valence-corrected chi connectivity index (χ1v) is 11.3. The number of hydrogen-bond acceptors (Lipinski definition) is 5. The first-order chi connectivity index (χ1) is 14.0. The molecule has 0 radical (unpaired) electrons. The summed E-state index contributed by atoms with van der Waals surface area (Å²) >= 11 is 0. The molecule has 29 heavy (non-hydrogen) atoms. The highest BCUT2D eigenvalue weighted by Crippen LogP contribution is 2.27. The van der Waals surface area contributed by atoms with Crippen molar-refractivity contribution in [1.82, 2.24) is 8.87 Å². The molecule has 1 saturated heterocycles. The second kappa shape index (κ2) is 8.08. The summed E-state index contributed by atoms with van der Waals surface area (Å²) < 4.78 is 33.1. The van der Waals surface area contributed by atoms with E-state index in [-0.39, 0.29) is 4.90 Å². The number of aromatic nitrogens is 1. The van der Waals surface area contributed by atoms with Crippen molar-refractivity contribution in [2.75, 3.05) is 39.1 Å². The van der Waals surface area contributed by atoms with Gasteiger partial charge in [-0.3, -0.25) is 0 Å². The topological polar surface area (TPSA) is 63.6 Å². The van der Waals surface area contributed by atoms with Crippen LogP contribution < -0.4 is 10.1 Å². The van der Waals surface area contributed by atoms with Crippen LogP contribution in [-0.2, 0) is 10.0 Å². The van der Waals surface area contributed by atoms with Crippen molar-refractivity contribution in [2.24, 2.45) is 5.92 Å². The number of hydrogen-bond donors (Lipinski definition) is 1. The van der Waals surface area contributed by atoms with Gasteiger partial charge in [0.1, 0.15) is 5.75 Å². The van der Waals surface area contributed by atoms with Crippen LogP contribution in [0.3, 0.4) is 0 Å². The molecule has 1 aliphatic heterocycles. The number of rotatable bonds is 6. The van der Waals surface area contributed by atoms with E-state index in [2.05, 4.69) is 17.3 Å². The van der Waals surface area contributed by atoms with Crippen LogP contribution in [0.1, 0.15) is 12.8 Å². The lowest BCUT2D eigenvalue weighted by molar-refractivity contribution is 0.226. The van der Waals surface area contributed by atoms with Crippen molar-refractivity contribution >= 4 is 26.6 Å². The molecular formula is C22H27N3O3S. The molecule has 1 aliphatic rings. The Morgan fingerprint density at radius 1 is 1.10 bits per heavy atom. The van der Waals surface area contributed by atoms with E-state index < -0.39 is 10.0 Å². The fourth-order valence-electron chi connectivity index (χ4n) is 3.84. The van der Waals surface area contributed by atoms with Gasteiger partial charge in [-0.15, -0.1) is 0 Å².